The first-order chi connectivity index (χ1) is 28.3. The first kappa shape index (κ1) is 32.0. The first-order valence-corrected chi connectivity index (χ1v) is 20.1. The van der Waals surface area contributed by atoms with E-state index in [9.17, 15) is 0 Å². The van der Waals surface area contributed by atoms with Crippen LogP contribution >= 0.6 is 11.3 Å². The van der Waals surface area contributed by atoms with Gasteiger partial charge in [0.2, 0.25) is 0 Å². The molecule has 0 aliphatic carbocycles. The zero-order valence-corrected chi connectivity index (χ0v) is 31.5. The summed E-state index contributed by atoms with van der Waals surface area (Å²) in [7, 11) is 0. The number of hydrogen-bond donors (Lipinski definition) is 0. The Labute approximate surface area is 332 Å². The molecule has 57 heavy (non-hydrogen) atoms. The number of thiophene rings is 1. The van der Waals surface area contributed by atoms with Gasteiger partial charge in [0.15, 0.2) is 11.6 Å². The molecule has 0 N–H and O–H groups in total. The monoisotopic (exact) mass is 744 g/mol. The van der Waals surface area contributed by atoms with Crippen molar-refractivity contribution >= 4 is 75.3 Å². The molecule has 4 aromatic heterocycles. The summed E-state index contributed by atoms with van der Waals surface area (Å²) in [4.78, 5) is 10.6. The zero-order valence-electron chi connectivity index (χ0n) is 30.7. The van der Waals surface area contributed by atoms with E-state index in [0.29, 0.717) is 0 Å². The second-order valence-electron chi connectivity index (χ2n) is 14.6. The van der Waals surface area contributed by atoms with E-state index in [-0.39, 0.29) is 0 Å². The van der Waals surface area contributed by atoms with Crippen molar-refractivity contribution in [3.8, 4) is 45.1 Å². The molecular weight excluding hydrogens is 713 g/mol. The van der Waals surface area contributed by atoms with Crippen molar-refractivity contribution in [3.05, 3.63) is 194 Å². The van der Waals surface area contributed by atoms with Crippen LogP contribution in [0.15, 0.2) is 194 Å². The predicted molar refractivity (Wildman–Crippen MR) is 240 cm³/mol. The van der Waals surface area contributed by atoms with Crippen molar-refractivity contribution in [3.63, 3.8) is 0 Å². The third-order valence-corrected chi connectivity index (χ3v) is 12.5. The highest BCUT2D eigenvalue weighted by atomic mass is 32.1. The van der Waals surface area contributed by atoms with E-state index in [1.165, 1.54) is 59.5 Å². The van der Waals surface area contributed by atoms with Crippen molar-refractivity contribution in [1.29, 1.82) is 0 Å². The molecule has 0 atom stereocenters. The minimum Gasteiger partial charge on any atom is -0.309 e. The van der Waals surface area contributed by atoms with Crippen molar-refractivity contribution in [1.82, 2.24) is 19.1 Å². The van der Waals surface area contributed by atoms with Crippen LogP contribution in [-0.2, 0) is 0 Å². The Morgan fingerprint density at radius 1 is 0.351 bits per heavy atom. The molecule has 0 saturated heterocycles. The van der Waals surface area contributed by atoms with Crippen molar-refractivity contribution in [2.45, 2.75) is 0 Å². The van der Waals surface area contributed by atoms with Crippen LogP contribution in [0.1, 0.15) is 0 Å². The number of nitrogens with zero attached hydrogens (tertiary/aromatic N) is 4. The van der Waals surface area contributed by atoms with E-state index < -0.39 is 0 Å². The maximum atomic E-state index is 5.37. The van der Waals surface area contributed by atoms with E-state index in [1.807, 2.05) is 6.07 Å². The van der Waals surface area contributed by atoms with Gasteiger partial charge in [-0.15, -0.1) is 11.3 Å². The zero-order chi connectivity index (χ0) is 37.5. The lowest BCUT2D eigenvalue weighted by Crippen LogP contribution is -2.01. The van der Waals surface area contributed by atoms with Gasteiger partial charge < -0.3 is 4.57 Å². The SMILES string of the molecule is c1ccc(-c2cccc(-n3c4ccccc4c4ccc(-c5ccc6c(c5)c5ccccc5n6-c5nc(-c6ccccc6)nc6c5sc5ccccc56)cc43)c2)cc1. The molecule has 12 rings (SSSR count). The Balaban J connectivity index is 1.07. The summed E-state index contributed by atoms with van der Waals surface area (Å²) in [5, 5.41) is 6.02. The fourth-order valence-electron chi connectivity index (χ4n) is 8.71. The highest BCUT2D eigenvalue weighted by molar-refractivity contribution is 7.26. The van der Waals surface area contributed by atoms with E-state index in [0.717, 1.165) is 49.5 Å². The summed E-state index contributed by atoms with van der Waals surface area (Å²) in [6.07, 6.45) is 0. The number of rotatable bonds is 5. The fourth-order valence-corrected chi connectivity index (χ4v) is 9.83. The Bertz CT molecular complexity index is 3520. The standard InChI is InChI=1S/C52H32N4S/c1-3-14-33(15-4-1)35-18-13-19-38(30-35)55-44-23-10-7-20-39(44)41-28-26-37(32-47(41)55)36-27-29-46-43(31-36)40-21-8-11-24-45(40)56(46)52-50-49(42-22-9-12-25-48(42)57-50)53-51(54-52)34-16-5-2-6-17-34/h1-32H. The van der Waals surface area contributed by atoms with E-state index in [2.05, 4.69) is 197 Å². The highest BCUT2D eigenvalue weighted by Gasteiger charge is 2.21. The van der Waals surface area contributed by atoms with E-state index in [4.69, 9.17) is 9.97 Å². The van der Waals surface area contributed by atoms with Gasteiger partial charge in [0, 0.05) is 42.9 Å². The predicted octanol–water partition coefficient (Wildman–Crippen LogP) is 14.0. The first-order valence-electron chi connectivity index (χ1n) is 19.2. The van der Waals surface area contributed by atoms with Crippen LogP contribution < -0.4 is 0 Å². The smallest absolute Gasteiger partial charge is 0.162 e. The van der Waals surface area contributed by atoms with Gasteiger partial charge in [-0.1, -0.05) is 146 Å². The Hall–Kier alpha value is -7.34. The molecule has 0 unspecified atom stereocenters. The average Bonchev–Trinajstić information content (AvgIpc) is 3.94. The van der Waals surface area contributed by atoms with Crippen molar-refractivity contribution in [2.75, 3.05) is 0 Å². The van der Waals surface area contributed by atoms with Gasteiger partial charge in [-0.2, -0.15) is 0 Å². The maximum absolute atomic E-state index is 5.37. The molecule has 4 heterocycles. The third kappa shape index (κ3) is 4.99. The topological polar surface area (TPSA) is 35.6 Å². The quantitative estimate of drug-likeness (QED) is 0.176. The summed E-state index contributed by atoms with van der Waals surface area (Å²) in [5.74, 6) is 1.63. The van der Waals surface area contributed by atoms with Gasteiger partial charge in [-0.3, -0.25) is 4.57 Å². The second-order valence-corrected chi connectivity index (χ2v) is 15.7. The van der Waals surface area contributed by atoms with Crippen LogP contribution in [-0.4, -0.2) is 19.1 Å². The lowest BCUT2D eigenvalue weighted by molar-refractivity contribution is 1.08. The molecule has 0 amide bonds. The summed E-state index contributed by atoms with van der Waals surface area (Å²) < 4.78 is 7.05. The van der Waals surface area contributed by atoms with Crippen LogP contribution in [0.5, 0.6) is 0 Å². The summed E-state index contributed by atoms with van der Waals surface area (Å²) in [5.41, 5.74) is 12.5. The van der Waals surface area contributed by atoms with Gasteiger partial charge in [-0.25, -0.2) is 9.97 Å². The number of aromatic nitrogens is 4. The average molecular weight is 745 g/mol. The summed E-state index contributed by atoms with van der Waals surface area (Å²) >= 11 is 1.76. The molecule has 0 fully saturated rings. The lowest BCUT2D eigenvalue weighted by Gasteiger charge is -2.12. The molecule has 0 radical (unpaired) electrons. The number of hydrogen-bond acceptors (Lipinski definition) is 3. The van der Waals surface area contributed by atoms with Crippen LogP contribution in [0, 0.1) is 0 Å². The summed E-state index contributed by atoms with van der Waals surface area (Å²) in [6, 6.07) is 69.7. The molecule has 4 nitrogen and oxygen atoms in total. The second kappa shape index (κ2) is 12.6. The van der Waals surface area contributed by atoms with Gasteiger partial charge in [0.1, 0.15) is 0 Å². The molecule has 0 spiro atoms. The summed E-state index contributed by atoms with van der Waals surface area (Å²) in [6.45, 7) is 0. The van der Waals surface area contributed by atoms with Crippen LogP contribution in [0.4, 0.5) is 0 Å². The normalized spacial score (nSPS) is 11.9. The van der Waals surface area contributed by atoms with E-state index in [1.54, 1.807) is 11.3 Å². The molecular formula is C52H32N4S. The van der Waals surface area contributed by atoms with Crippen molar-refractivity contribution < 1.29 is 0 Å². The Morgan fingerprint density at radius 2 is 0.930 bits per heavy atom. The van der Waals surface area contributed by atoms with Crippen LogP contribution in [0.2, 0.25) is 0 Å². The largest absolute Gasteiger partial charge is 0.309 e. The molecule has 5 heteroatoms. The van der Waals surface area contributed by atoms with Gasteiger partial charge in [0.25, 0.3) is 0 Å². The minimum absolute atomic E-state index is 0.724. The van der Waals surface area contributed by atoms with Gasteiger partial charge >= 0.3 is 0 Å². The molecule has 0 aliphatic heterocycles. The Morgan fingerprint density at radius 3 is 1.74 bits per heavy atom. The molecule has 0 bridgehead atoms. The molecule has 12 aromatic rings. The van der Waals surface area contributed by atoms with Gasteiger partial charge in [0.05, 0.1) is 32.3 Å². The number of fused-ring (bicyclic) bond motifs is 9. The molecule has 0 aliphatic rings. The minimum atomic E-state index is 0.724. The number of benzene rings is 8. The highest BCUT2D eigenvalue weighted by Crippen LogP contribution is 2.42. The fraction of sp³-hybridized carbons (Fsp3) is 0. The molecule has 8 aromatic carbocycles. The van der Waals surface area contributed by atoms with Crippen molar-refractivity contribution in [2.24, 2.45) is 0 Å². The maximum Gasteiger partial charge on any atom is 0.162 e. The Kier molecular flexibility index (Phi) is 7.06. The third-order valence-electron chi connectivity index (χ3n) is 11.3. The van der Waals surface area contributed by atoms with Crippen LogP contribution in [0.3, 0.4) is 0 Å². The lowest BCUT2D eigenvalue weighted by atomic mass is 10.0. The molecule has 0 saturated carbocycles. The number of para-hydroxylation sites is 2. The van der Waals surface area contributed by atoms with Crippen LogP contribution in [0.25, 0.3) is 109 Å². The van der Waals surface area contributed by atoms with E-state index >= 15 is 0 Å². The molecule has 266 valence electrons. The van der Waals surface area contributed by atoms with Gasteiger partial charge in [-0.05, 0) is 70.8 Å².